The fourth-order valence-electron chi connectivity index (χ4n) is 9.06. The Labute approximate surface area is 214 Å². The number of aliphatic imine (C=N–C) groups is 1. The third-order valence-corrected chi connectivity index (χ3v) is 9.48. The third-order valence-electron chi connectivity index (χ3n) is 9.48. The van der Waals surface area contributed by atoms with Crippen LogP contribution in [0.4, 0.5) is 0 Å². The number of hydrogen-bond donors (Lipinski definition) is 0. The molecule has 0 aromatic rings. The average Bonchev–Trinajstić information content (AvgIpc) is 2.66. The second-order valence-electron chi connectivity index (χ2n) is 11.7. The molecule has 172 valence electrons. The van der Waals surface area contributed by atoms with Crippen LogP contribution in [0.15, 0.2) is 16.8 Å². The van der Waals surface area contributed by atoms with Crippen molar-refractivity contribution in [2.45, 2.75) is 90.1 Å². The first kappa shape index (κ1) is 24.1. The van der Waals surface area contributed by atoms with E-state index in [2.05, 4.69) is 59.4 Å². The molecule has 8 rings (SSSR count). The summed E-state index contributed by atoms with van der Waals surface area (Å²) in [6, 6.07) is 1.26. The van der Waals surface area contributed by atoms with Crippen LogP contribution in [-0.4, -0.2) is 17.8 Å². The Bertz CT molecular complexity index is 663. The second-order valence-corrected chi connectivity index (χ2v) is 35.4. The van der Waals surface area contributed by atoms with Gasteiger partial charge in [-0.1, -0.05) is 24.8 Å². The summed E-state index contributed by atoms with van der Waals surface area (Å²) in [6.45, 7) is 4.47. The molecule has 8 fully saturated rings. The number of halogens is 3. The molecule has 31 heavy (non-hydrogen) atoms. The SMILES string of the molecule is CC(/C=C(/C)[N-]C1C2CC3CC(C2)CC1C3)=NC1C2CC3CC(C2)CC1C3.[Br][Ti+]([Br])[Br]. The first-order valence-corrected chi connectivity index (χ1v) is 24.2. The molecular formula is C25H37Br3N2Ti. The van der Waals surface area contributed by atoms with Gasteiger partial charge in [-0.25, -0.2) is 0 Å². The van der Waals surface area contributed by atoms with Gasteiger partial charge in [0.15, 0.2) is 0 Å². The van der Waals surface area contributed by atoms with E-state index in [1.807, 2.05) is 0 Å². The monoisotopic (exact) mass is 650 g/mol. The van der Waals surface area contributed by atoms with E-state index in [0.29, 0.717) is 12.1 Å². The van der Waals surface area contributed by atoms with Crippen molar-refractivity contribution in [1.82, 2.24) is 0 Å². The van der Waals surface area contributed by atoms with Gasteiger partial charge in [0.05, 0.1) is 6.04 Å². The van der Waals surface area contributed by atoms with Crippen LogP contribution in [0.25, 0.3) is 5.32 Å². The standard InChI is InChI=1S/C25H37N2.3BrH.Ti/c1-14(26-24-20-6-16-4-17(8-20)9-21(24)7-16)3-15(2)27-25-22-10-18-5-19(12-22)13-23(25)11-18;;;;/h3,16-25H,4-13H2,1-2H3;3*1H;/q-1;;;;+4/p-3/b14-3-,27-15?;;;;. The minimum absolute atomic E-state index is 0.628. The van der Waals surface area contributed by atoms with Gasteiger partial charge in [-0.05, 0) is 107 Å². The van der Waals surface area contributed by atoms with Crippen molar-refractivity contribution < 1.29 is 11.6 Å². The molecule has 2 nitrogen and oxygen atoms in total. The summed E-state index contributed by atoms with van der Waals surface area (Å²) in [4.78, 5) is 5.28. The maximum atomic E-state index is 5.28. The topological polar surface area (TPSA) is 26.5 Å². The van der Waals surface area contributed by atoms with Crippen LogP contribution < -0.4 is 0 Å². The number of allylic oxidation sites excluding steroid dienone is 2. The van der Waals surface area contributed by atoms with Crippen LogP contribution in [0.2, 0.25) is 0 Å². The molecule has 8 saturated carbocycles. The van der Waals surface area contributed by atoms with Crippen LogP contribution >= 0.6 is 39.5 Å². The first-order chi connectivity index (χ1) is 14.8. The Balaban J connectivity index is 0.000000473. The predicted molar refractivity (Wildman–Crippen MR) is 139 cm³/mol. The normalized spacial score (nSPS) is 47.3. The molecule has 0 saturated heterocycles. The Morgan fingerprint density at radius 3 is 1.52 bits per heavy atom. The van der Waals surface area contributed by atoms with Crippen molar-refractivity contribution in [3.8, 4) is 0 Å². The van der Waals surface area contributed by atoms with Crippen molar-refractivity contribution in [2.75, 3.05) is 0 Å². The summed E-state index contributed by atoms with van der Waals surface area (Å²) >= 11 is 8.92. The van der Waals surface area contributed by atoms with E-state index < -0.39 is 11.6 Å². The summed E-state index contributed by atoms with van der Waals surface area (Å²) < 4.78 is 0. The summed E-state index contributed by atoms with van der Waals surface area (Å²) in [7, 11) is 0. The van der Waals surface area contributed by atoms with Gasteiger partial charge in [0.25, 0.3) is 0 Å². The van der Waals surface area contributed by atoms with Gasteiger partial charge in [-0.3, -0.25) is 4.99 Å². The number of nitrogens with zero attached hydrogens (tertiary/aromatic N) is 2. The Morgan fingerprint density at radius 2 is 1.10 bits per heavy atom. The summed E-state index contributed by atoms with van der Waals surface area (Å²) in [5.74, 6) is 7.76. The Morgan fingerprint density at radius 1 is 0.710 bits per heavy atom. The molecule has 8 aliphatic carbocycles. The molecule has 0 aromatic carbocycles. The molecule has 0 atom stereocenters. The van der Waals surface area contributed by atoms with Crippen molar-refractivity contribution in [3.05, 3.63) is 17.1 Å². The third kappa shape index (κ3) is 5.62. The predicted octanol–water partition coefficient (Wildman–Crippen LogP) is 8.91. The number of hydrogen-bond acceptors (Lipinski definition) is 1. The van der Waals surface area contributed by atoms with E-state index >= 15 is 0 Å². The van der Waals surface area contributed by atoms with Gasteiger partial charge >= 0.3 is 51.1 Å². The van der Waals surface area contributed by atoms with E-state index in [1.165, 1.54) is 75.6 Å². The molecule has 0 unspecified atom stereocenters. The van der Waals surface area contributed by atoms with Crippen LogP contribution in [0.3, 0.4) is 0 Å². The molecule has 0 aliphatic heterocycles. The fourth-order valence-corrected chi connectivity index (χ4v) is 9.06. The van der Waals surface area contributed by atoms with Gasteiger partial charge in [0, 0.05) is 5.71 Å². The van der Waals surface area contributed by atoms with E-state index in [1.54, 1.807) is 0 Å². The van der Waals surface area contributed by atoms with E-state index in [0.717, 1.165) is 47.3 Å². The maximum absolute atomic E-state index is 5.28. The van der Waals surface area contributed by atoms with Crippen molar-refractivity contribution in [1.29, 1.82) is 0 Å². The van der Waals surface area contributed by atoms with Gasteiger partial charge in [0.1, 0.15) is 0 Å². The van der Waals surface area contributed by atoms with Gasteiger partial charge < -0.3 is 5.32 Å². The zero-order valence-electron chi connectivity index (χ0n) is 19.0. The second kappa shape index (κ2) is 10.2. The average molecular weight is 653 g/mol. The molecule has 8 bridgehead atoms. The van der Waals surface area contributed by atoms with Gasteiger partial charge in [-0.2, -0.15) is 5.70 Å². The molecule has 0 amide bonds. The van der Waals surface area contributed by atoms with Crippen LogP contribution in [-0.2, 0) is 11.6 Å². The summed E-state index contributed by atoms with van der Waals surface area (Å²) in [5.41, 5.74) is 2.50. The van der Waals surface area contributed by atoms with E-state index in [-0.39, 0.29) is 0 Å². The Hall–Kier alpha value is 1.36. The molecule has 0 N–H and O–H groups in total. The molecule has 6 heteroatoms. The molecular weight excluding hydrogens is 616 g/mol. The first-order valence-electron chi connectivity index (χ1n) is 12.6. The summed E-state index contributed by atoms with van der Waals surface area (Å²) in [6.07, 6.45) is 17.1. The summed E-state index contributed by atoms with van der Waals surface area (Å²) in [5, 5.41) is 5.28. The van der Waals surface area contributed by atoms with Crippen LogP contribution in [0, 0.1) is 47.3 Å². The van der Waals surface area contributed by atoms with Crippen molar-refractivity contribution in [2.24, 2.45) is 52.3 Å². The zero-order valence-corrected chi connectivity index (χ0v) is 25.3. The minimum atomic E-state index is -0.896. The molecule has 0 aromatic heterocycles. The molecule has 0 radical (unpaired) electrons. The van der Waals surface area contributed by atoms with Gasteiger partial charge in [0.2, 0.25) is 0 Å². The fraction of sp³-hybridized carbons (Fsp3) is 0.880. The molecule has 0 spiro atoms. The van der Waals surface area contributed by atoms with Crippen molar-refractivity contribution in [3.63, 3.8) is 0 Å². The zero-order chi connectivity index (χ0) is 21.7. The van der Waals surface area contributed by atoms with Crippen molar-refractivity contribution >= 4 is 45.2 Å². The molecule has 0 heterocycles. The number of rotatable bonds is 4. The quantitative estimate of drug-likeness (QED) is 0.214. The Kier molecular flexibility index (Phi) is 7.89. The van der Waals surface area contributed by atoms with Gasteiger partial charge in [-0.15, -0.1) is 6.04 Å². The van der Waals surface area contributed by atoms with Crippen LogP contribution in [0.1, 0.15) is 78.1 Å². The van der Waals surface area contributed by atoms with E-state index in [9.17, 15) is 0 Å². The molecule has 8 aliphatic rings. The van der Waals surface area contributed by atoms with Crippen LogP contribution in [0.5, 0.6) is 0 Å². The van der Waals surface area contributed by atoms with E-state index in [4.69, 9.17) is 10.3 Å².